The first-order chi connectivity index (χ1) is 4.77. The predicted molar refractivity (Wildman–Crippen MR) is 50.9 cm³/mol. The lowest BCUT2D eigenvalue weighted by molar-refractivity contribution is 0.607. The zero-order valence-corrected chi connectivity index (χ0v) is 8.38. The molecule has 3 N–H and O–H groups in total. The van der Waals surface area contributed by atoms with Gasteiger partial charge in [-0.25, -0.2) is 4.72 Å². The van der Waals surface area contributed by atoms with Crippen LogP contribution in [0.2, 0.25) is 0 Å². The van der Waals surface area contributed by atoms with Crippen molar-refractivity contribution in [1.29, 1.82) is 0 Å². The summed E-state index contributed by atoms with van der Waals surface area (Å²) in [6, 6.07) is 0. The molecular weight excluding hydrogens is 186 g/mol. The van der Waals surface area contributed by atoms with Crippen LogP contribution in [-0.2, 0) is 0 Å². The smallest absolute Gasteiger partial charge is 0.0870 e. The van der Waals surface area contributed by atoms with Crippen LogP contribution in [0.4, 0.5) is 0 Å². The Morgan fingerprint density at radius 3 is 2.80 bits per heavy atom. The summed E-state index contributed by atoms with van der Waals surface area (Å²) in [7, 11) is 0. The average Bonchev–Trinajstić information content (AvgIpc) is 2.15. The molecule has 0 aromatic rings. The SMILES string of the molecule is CCC1(C)NSNSNS1. The van der Waals surface area contributed by atoms with E-state index in [2.05, 4.69) is 26.8 Å². The monoisotopic (exact) mass is 197 g/mol. The summed E-state index contributed by atoms with van der Waals surface area (Å²) in [4.78, 5) is 0.140. The Hall–Kier alpha value is 0.930. The van der Waals surface area contributed by atoms with Gasteiger partial charge in [0.2, 0.25) is 0 Å². The fourth-order valence-corrected chi connectivity index (χ4v) is 2.92. The van der Waals surface area contributed by atoms with E-state index in [1.165, 1.54) is 24.3 Å². The molecule has 1 aliphatic rings. The molecule has 1 saturated heterocycles. The first-order valence-electron chi connectivity index (χ1n) is 3.04. The highest BCUT2D eigenvalue weighted by Crippen LogP contribution is 2.28. The van der Waals surface area contributed by atoms with E-state index in [0.29, 0.717) is 0 Å². The van der Waals surface area contributed by atoms with Gasteiger partial charge in [0.1, 0.15) is 0 Å². The molecule has 1 rings (SSSR count). The lowest BCUT2D eigenvalue weighted by Crippen LogP contribution is -2.34. The lowest BCUT2D eigenvalue weighted by atomic mass is 10.3. The maximum Gasteiger partial charge on any atom is 0.0870 e. The summed E-state index contributed by atoms with van der Waals surface area (Å²) in [6.45, 7) is 4.34. The van der Waals surface area contributed by atoms with E-state index < -0.39 is 0 Å². The average molecular weight is 197 g/mol. The Morgan fingerprint density at radius 2 is 2.10 bits per heavy atom. The summed E-state index contributed by atoms with van der Waals surface area (Å²) < 4.78 is 9.45. The van der Waals surface area contributed by atoms with Crippen LogP contribution in [0.5, 0.6) is 0 Å². The Labute approximate surface area is 74.5 Å². The minimum atomic E-state index is 0.140. The molecule has 0 radical (unpaired) electrons. The third-order valence-electron chi connectivity index (χ3n) is 1.33. The van der Waals surface area contributed by atoms with Crippen LogP contribution >= 0.6 is 36.2 Å². The van der Waals surface area contributed by atoms with Crippen LogP contribution < -0.4 is 13.0 Å². The summed E-state index contributed by atoms with van der Waals surface area (Å²) in [5.74, 6) is 0. The molecule has 1 unspecified atom stereocenters. The van der Waals surface area contributed by atoms with E-state index in [4.69, 9.17) is 0 Å². The molecule has 0 aromatic carbocycles. The maximum absolute atomic E-state index is 3.29. The third-order valence-corrected chi connectivity index (χ3v) is 4.19. The van der Waals surface area contributed by atoms with Crippen LogP contribution in [0.25, 0.3) is 0 Å². The van der Waals surface area contributed by atoms with Crippen LogP contribution in [-0.4, -0.2) is 4.87 Å². The highest BCUT2D eigenvalue weighted by atomic mass is 32.3. The van der Waals surface area contributed by atoms with Crippen molar-refractivity contribution in [3.05, 3.63) is 0 Å². The highest BCUT2D eigenvalue weighted by molar-refractivity contribution is 8.19. The molecule has 60 valence electrons. The predicted octanol–water partition coefficient (Wildman–Crippen LogP) is 1.67. The number of rotatable bonds is 1. The van der Waals surface area contributed by atoms with Crippen LogP contribution in [0.15, 0.2) is 0 Å². The van der Waals surface area contributed by atoms with Crippen LogP contribution in [0.3, 0.4) is 0 Å². The molecule has 3 nitrogen and oxygen atoms in total. The molecule has 0 saturated carbocycles. The molecule has 0 aromatic heterocycles. The highest BCUT2D eigenvalue weighted by Gasteiger charge is 2.24. The molecular formula is C4H11N3S3. The van der Waals surface area contributed by atoms with Crippen molar-refractivity contribution in [3.8, 4) is 0 Å². The van der Waals surface area contributed by atoms with Crippen molar-refractivity contribution in [2.75, 3.05) is 0 Å². The standard InChI is InChI=1S/C4H11N3S3/c1-3-4(2)5-9-7-10-6-8-4/h5-7H,3H2,1-2H3. The van der Waals surface area contributed by atoms with Crippen LogP contribution in [0.1, 0.15) is 20.3 Å². The van der Waals surface area contributed by atoms with Gasteiger partial charge >= 0.3 is 0 Å². The van der Waals surface area contributed by atoms with Crippen molar-refractivity contribution in [2.24, 2.45) is 0 Å². The van der Waals surface area contributed by atoms with Gasteiger partial charge in [-0.2, -0.15) is 8.25 Å². The summed E-state index contributed by atoms with van der Waals surface area (Å²) in [6.07, 6.45) is 1.10. The van der Waals surface area contributed by atoms with E-state index >= 15 is 0 Å². The molecule has 1 heterocycles. The van der Waals surface area contributed by atoms with Gasteiger partial charge in [-0.3, -0.25) is 0 Å². The van der Waals surface area contributed by atoms with E-state index in [1.807, 2.05) is 0 Å². The van der Waals surface area contributed by atoms with E-state index in [1.54, 1.807) is 11.9 Å². The fraction of sp³-hybridized carbons (Fsp3) is 1.00. The van der Waals surface area contributed by atoms with Gasteiger partial charge in [-0.05, 0) is 25.3 Å². The van der Waals surface area contributed by atoms with Gasteiger partial charge in [-0.1, -0.05) is 6.92 Å². The molecule has 0 amide bonds. The first-order valence-corrected chi connectivity index (χ1v) is 5.48. The zero-order chi connectivity index (χ0) is 7.45. The minimum Gasteiger partial charge on any atom is -0.233 e. The van der Waals surface area contributed by atoms with Gasteiger partial charge in [0.15, 0.2) is 0 Å². The molecule has 0 aliphatic carbocycles. The van der Waals surface area contributed by atoms with Gasteiger partial charge in [-0.15, -0.1) is 0 Å². The Bertz CT molecular complexity index is 102. The molecule has 0 spiro atoms. The number of nitrogens with one attached hydrogen (secondary N) is 3. The number of hydrogen-bond donors (Lipinski definition) is 3. The maximum atomic E-state index is 3.29. The fourth-order valence-electron chi connectivity index (χ4n) is 0.445. The summed E-state index contributed by atoms with van der Waals surface area (Å²) in [5, 5.41) is 0. The third kappa shape index (κ3) is 2.52. The Morgan fingerprint density at radius 1 is 1.30 bits per heavy atom. The molecule has 10 heavy (non-hydrogen) atoms. The van der Waals surface area contributed by atoms with Gasteiger partial charge in [0, 0.05) is 24.3 Å². The summed E-state index contributed by atoms with van der Waals surface area (Å²) in [5.41, 5.74) is 0. The topological polar surface area (TPSA) is 36.1 Å². The van der Waals surface area contributed by atoms with Crippen LogP contribution in [0, 0.1) is 0 Å². The first kappa shape index (κ1) is 9.02. The molecule has 1 aliphatic heterocycles. The Kier molecular flexibility index (Phi) is 3.68. The normalized spacial score (nSPS) is 35.4. The number of hydrogen-bond acceptors (Lipinski definition) is 6. The van der Waals surface area contributed by atoms with Gasteiger partial charge in [0.05, 0.1) is 4.87 Å². The molecule has 1 fully saturated rings. The van der Waals surface area contributed by atoms with Crippen molar-refractivity contribution in [2.45, 2.75) is 25.1 Å². The Balaban J connectivity index is 2.41. The van der Waals surface area contributed by atoms with Gasteiger partial charge in [0.25, 0.3) is 0 Å². The van der Waals surface area contributed by atoms with Crippen molar-refractivity contribution in [3.63, 3.8) is 0 Å². The molecule has 0 bridgehead atoms. The minimum absolute atomic E-state index is 0.140. The van der Waals surface area contributed by atoms with E-state index in [9.17, 15) is 0 Å². The zero-order valence-electron chi connectivity index (χ0n) is 5.93. The molecule has 6 heteroatoms. The second kappa shape index (κ2) is 4.08. The lowest BCUT2D eigenvalue weighted by Gasteiger charge is -2.23. The second-order valence-electron chi connectivity index (χ2n) is 2.16. The van der Waals surface area contributed by atoms with Gasteiger partial charge < -0.3 is 0 Å². The van der Waals surface area contributed by atoms with Crippen molar-refractivity contribution < 1.29 is 0 Å². The van der Waals surface area contributed by atoms with Crippen molar-refractivity contribution in [1.82, 2.24) is 13.0 Å². The quantitative estimate of drug-likeness (QED) is 0.555. The largest absolute Gasteiger partial charge is 0.233 e. The van der Waals surface area contributed by atoms with E-state index in [-0.39, 0.29) is 4.87 Å². The van der Waals surface area contributed by atoms with E-state index in [0.717, 1.165) is 6.42 Å². The molecule has 1 atom stereocenters. The second-order valence-corrected chi connectivity index (χ2v) is 5.21. The summed E-state index contributed by atoms with van der Waals surface area (Å²) >= 11 is 4.73. The van der Waals surface area contributed by atoms with Crippen molar-refractivity contribution >= 4 is 36.2 Å².